The first-order valence-corrected chi connectivity index (χ1v) is 16.6. The van der Waals surface area contributed by atoms with Gasteiger partial charge in [0.2, 0.25) is 0 Å². The molecule has 0 aliphatic carbocycles. The van der Waals surface area contributed by atoms with Crippen LogP contribution < -0.4 is 20.3 Å². The molecule has 2 aromatic carbocycles. The van der Waals surface area contributed by atoms with Gasteiger partial charge in [-0.2, -0.15) is 0 Å². The molecule has 0 saturated carbocycles. The molecule has 1 fully saturated rings. The summed E-state index contributed by atoms with van der Waals surface area (Å²) in [6.45, 7) is 9.55. The van der Waals surface area contributed by atoms with Crippen molar-refractivity contribution in [3.63, 3.8) is 0 Å². The molecule has 1 amide bonds. The van der Waals surface area contributed by atoms with Gasteiger partial charge in [0.05, 0.1) is 23.6 Å². The van der Waals surface area contributed by atoms with E-state index in [2.05, 4.69) is 29.8 Å². The molecule has 2 aromatic rings. The maximum absolute atomic E-state index is 14.0. The molecule has 0 spiro atoms. The summed E-state index contributed by atoms with van der Waals surface area (Å²) in [5, 5.41) is 20.6. The van der Waals surface area contributed by atoms with Crippen molar-refractivity contribution >= 4 is 40.5 Å². The summed E-state index contributed by atoms with van der Waals surface area (Å²) in [7, 11) is -3.01. The second kappa shape index (κ2) is 17.4. The van der Waals surface area contributed by atoms with Crippen molar-refractivity contribution in [3.05, 3.63) is 59.2 Å². The fourth-order valence-corrected chi connectivity index (χ4v) is 6.89. The van der Waals surface area contributed by atoms with E-state index in [0.717, 1.165) is 31.7 Å². The monoisotopic (exact) mass is 646 g/mol. The zero-order valence-electron chi connectivity index (χ0n) is 25.6. The third kappa shape index (κ3) is 11.7. The number of carbonyl (C=O) groups is 1. The van der Waals surface area contributed by atoms with Crippen LogP contribution in [0.1, 0.15) is 75.7 Å². The molecule has 1 unspecified atom stereocenters. The molecule has 1 aliphatic rings. The van der Waals surface area contributed by atoms with Crippen molar-refractivity contribution in [1.29, 1.82) is 0 Å². The van der Waals surface area contributed by atoms with E-state index in [1.165, 1.54) is 12.1 Å². The van der Waals surface area contributed by atoms with Gasteiger partial charge in [-0.05, 0) is 81.3 Å². The van der Waals surface area contributed by atoms with Crippen LogP contribution in [0.5, 0.6) is 0 Å². The Morgan fingerprint density at radius 2 is 1.72 bits per heavy atom. The van der Waals surface area contributed by atoms with Gasteiger partial charge in [-0.15, -0.1) is 23.2 Å². The number of anilines is 2. The molecule has 0 radical (unpaired) electrons. The minimum atomic E-state index is -3.01. The van der Waals surface area contributed by atoms with Crippen molar-refractivity contribution in [2.45, 2.75) is 84.4 Å². The number of nitrogens with one attached hydrogen (secondary N) is 3. The lowest BCUT2D eigenvalue weighted by Gasteiger charge is -2.47. The van der Waals surface area contributed by atoms with E-state index >= 15 is 0 Å². The second-order valence-electron chi connectivity index (χ2n) is 11.7. The molecule has 12 heteroatoms. The van der Waals surface area contributed by atoms with Crippen LogP contribution in [0.25, 0.3) is 0 Å². The van der Waals surface area contributed by atoms with E-state index in [0.29, 0.717) is 42.4 Å². The number of hydrogen-bond donors (Lipinski definition) is 6. The molecule has 0 aromatic heterocycles. The van der Waals surface area contributed by atoms with Gasteiger partial charge >= 0.3 is 0 Å². The highest BCUT2D eigenvalue weighted by molar-refractivity contribution is 8.25. The van der Waals surface area contributed by atoms with Gasteiger partial charge in [-0.1, -0.05) is 26.7 Å². The molecule has 43 heavy (non-hydrogen) atoms. The Morgan fingerprint density at radius 1 is 1.02 bits per heavy atom. The summed E-state index contributed by atoms with van der Waals surface area (Å²) in [5.74, 6) is -1.07. The van der Waals surface area contributed by atoms with Crippen LogP contribution in [0, 0.1) is 17.6 Å². The third-order valence-electron chi connectivity index (χ3n) is 7.48. The first-order valence-electron chi connectivity index (χ1n) is 15.0. The van der Waals surface area contributed by atoms with Crippen LogP contribution in [0.4, 0.5) is 20.2 Å². The minimum absolute atomic E-state index is 0. The predicted octanol–water partition coefficient (Wildman–Crippen LogP) is 6.59. The molecule has 6 N–H and O–H groups in total. The Labute approximate surface area is 262 Å². The van der Waals surface area contributed by atoms with Crippen LogP contribution in [0.3, 0.4) is 0 Å². The Bertz CT molecular complexity index is 1160. The van der Waals surface area contributed by atoms with E-state index in [9.17, 15) is 27.8 Å². The van der Waals surface area contributed by atoms with Gasteiger partial charge in [0.15, 0.2) is 0 Å². The van der Waals surface area contributed by atoms with Gasteiger partial charge < -0.3 is 21.1 Å². The van der Waals surface area contributed by atoms with Gasteiger partial charge in [0.25, 0.3) is 5.91 Å². The fourth-order valence-electron chi connectivity index (χ4n) is 5.21. The average molecular weight is 647 g/mol. The average Bonchev–Trinajstić information content (AvgIpc) is 2.90. The van der Waals surface area contributed by atoms with Gasteiger partial charge in [0.1, 0.15) is 11.6 Å². The lowest BCUT2D eigenvalue weighted by Crippen LogP contribution is -2.49. The van der Waals surface area contributed by atoms with Crippen LogP contribution in [-0.2, 0) is 6.42 Å². The van der Waals surface area contributed by atoms with Crippen molar-refractivity contribution in [3.8, 4) is 0 Å². The van der Waals surface area contributed by atoms with Crippen molar-refractivity contribution in [1.82, 2.24) is 10.6 Å². The highest BCUT2D eigenvalue weighted by Gasteiger charge is 2.29. The number of aliphatic hydroxyl groups excluding tert-OH is 1. The second-order valence-corrected chi connectivity index (χ2v) is 13.8. The fraction of sp³-hybridized carbons (Fsp3) is 0.581. The van der Waals surface area contributed by atoms with Crippen molar-refractivity contribution in [2.75, 3.05) is 35.0 Å². The molecule has 1 aliphatic heterocycles. The number of nitrogens with zero attached hydrogens (tertiary/aromatic N) is 1. The molecular formula is C31H49ClF2N4O4S. The molecule has 1 saturated heterocycles. The predicted molar refractivity (Wildman–Crippen MR) is 176 cm³/mol. The Hall–Kier alpha value is -2.15. The quantitative estimate of drug-likeness (QED) is 0.129. The number of aliphatic hydroxyl groups is 1. The van der Waals surface area contributed by atoms with Gasteiger partial charge in [-0.25, -0.2) is 8.78 Å². The number of benzene rings is 2. The minimum Gasteiger partial charge on any atom is -0.390 e. The Morgan fingerprint density at radius 3 is 2.35 bits per heavy atom. The Kier molecular flexibility index (Phi) is 15.0. The summed E-state index contributed by atoms with van der Waals surface area (Å²) in [6.07, 6.45) is 3.58. The summed E-state index contributed by atoms with van der Waals surface area (Å²) in [6, 6.07) is 7.53. The van der Waals surface area contributed by atoms with E-state index in [1.807, 2.05) is 13.8 Å². The molecule has 3 atom stereocenters. The zero-order valence-corrected chi connectivity index (χ0v) is 27.2. The number of halogens is 3. The summed E-state index contributed by atoms with van der Waals surface area (Å²) < 4.78 is 50.9. The highest BCUT2D eigenvalue weighted by atomic mass is 35.5. The standard InChI is InChI=1S/C31H48F2N4O4S.ClH/c1-5-34-27-16-24(17-28(19-27)37-11-6-7-12-42(37,40)41)31(39)36-29(15-23-13-25(32)18-26(33)14-23)30(38)20-35-22(4)10-8-9-21(2)3;/h13-14,16-19,21-22,29-30,34-35,38,40-41H,5-12,15,20H2,1-4H3,(H,36,39);1H/t22?,29-,30+;/m0./s1. The lowest BCUT2D eigenvalue weighted by atomic mass is 9.99. The molecule has 244 valence electrons. The van der Waals surface area contributed by atoms with E-state index in [-0.39, 0.29) is 42.7 Å². The molecular weight excluding hydrogens is 598 g/mol. The Balaban J connectivity index is 0.00000645. The summed E-state index contributed by atoms with van der Waals surface area (Å²) in [5.41, 5.74) is 1.73. The highest BCUT2D eigenvalue weighted by Crippen LogP contribution is 2.50. The van der Waals surface area contributed by atoms with Crippen LogP contribution >= 0.6 is 23.2 Å². The van der Waals surface area contributed by atoms with E-state index in [1.54, 1.807) is 22.5 Å². The van der Waals surface area contributed by atoms with Gasteiger partial charge in [0, 0.05) is 43.0 Å². The van der Waals surface area contributed by atoms with Crippen LogP contribution in [0.15, 0.2) is 36.4 Å². The van der Waals surface area contributed by atoms with Crippen molar-refractivity contribution < 1.29 is 27.8 Å². The lowest BCUT2D eigenvalue weighted by molar-refractivity contribution is 0.0825. The van der Waals surface area contributed by atoms with Crippen molar-refractivity contribution in [2.24, 2.45) is 5.92 Å². The SMILES string of the molecule is CCNc1cc(C(=O)N[C@@H](Cc2cc(F)cc(F)c2)[C@H](O)CNC(C)CCCC(C)C)cc(N2CCCCS2(O)O)c1.Cl. The smallest absolute Gasteiger partial charge is 0.251 e. The molecule has 0 bridgehead atoms. The first-order chi connectivity index (χ1) is 19.9. The molecule has 1 heterocycles. The van der Waals surface area contributed by atoms with E-state index in [4.69, 9.17) is 0 Å². The normalized spacial score (nSPS) is 17.5. The largest absolute Gasteiger partial charge is 0.390 e. The van der Waals surface area contributed by atoms with Gasteiger partial charge in [-0.3, -0.25) is 18.2 Å². The summed E-state index contributed by atoms with van der Waals surface area (Å²) >= 11 is 0. The van der Waals surface area contributed by atoms with Crippen LogP contribution in [0.2, 0.25) is 0 Å². The first kappa shape index (κ1) is 37.0. The maximum Gasteiger partial charge on any atom is 0.251 e. The van der Waals surface area contributed by atoms with E-state index < -0.39 is 40.5 Å². The molecule has 3 rings (SSSR count). The maximum atomic E-state index is 14.0. The number of rotatable bonds is 15. The topological polar surface area (TPSA) is 117 Å². The third-order valence-corrected chi connectivity index (χ3v) is 9.42. The summed E-state index contributed by atoms with van der Waals surface area (Å²) in [4.78, 5) is 13.6. The number of hydrogen-bond acceptors (Lipinski definition) is 7. The number of carbonyl (C=O) groups excluding carboxylic acids is 1. The van der Waals surface area contributed by atoms with Crippen LogP contribution in [-0.4, -0.2) is 63.7 Å². The number of amides is 1. The zero-order chi connectivity index (χ0) is 30.9. The molecule has 8 nitrogen and oxygen atoms in total.